The number of allylic oxidation sites excluding steroid dienone is 4. The number of anilines is 6. The number of aryl methyl sites for hydroxylation is 1. The monoisotopic (exact) mass is 1630 g/mol. The van der Waals surface area contributed by atoms with Crippen molar-refractivity contribution in [3.05, 3.63) is 150 Å². The van der Waals surface area contributed by atoms with Crippen molar-refractivity contribution in [1.29, 1.82) is 0 Å². The molecule has 0 saturated carbocycles. The third-order valence-electron chi connectivity index (χ3n) is 16.9. The molecule has 4 aliphatic rings. The first-order valence-corrected chi connectivity index (χ1v) is 37.0. The fourth-order valence-electron chi connectivity index (χ4n) is 10.8. The number of pyridine rings is 2. The minimum Gasteiger partial charge on any atom is -0.543 e. The zero-order valence-corrected chi connectivity index (χ0v) is 63.1. The van der Waals surface area contributed by atoms with Crippen LogP contribution in [0.3, 0.4) is 0 Å². The summed E-state index contributed by atoms with van der Waals surface area (Å²) in [5.41, 5.74) is 18.3. The summed E-state index contributed by atoms with van der Waals surface area (Å²) in [5, 5.41) is 84.8. The normalized spacial score (nSPS) is 17.1. The number of carboxylic acids is 4. The quantitative estimate of drug-likeness (QED) is 0.00468. The van der Waals surface area contributed by atoms with E-state index in [4.69, 9.17) is 44.2 Å². The van der Waals surface area contributed by atoms with Gasteiger partial charge in [-0.2, -0.15) is 18.8 Å². The molecule has 2 amide bonds. The van der Waals surface area contributed by atoms with Crippen molar-refractivity contribution in [2.45, 2.75) is 108 Å². The lowest BCUT2D eigenvalue weighted by Gasteiger charge is -2.50. The Morgan fingerprint density at radius 2 is 1.14 bits per heavy atom. The fourth-order valence-corrected chi connectivity index (χ4v) is 15.0. The minimum absolute atomic E-state index is 0.00628. The molecular weight excluding hydrogens is 1560 g/mol. The molecule has 4 aliphatic heterocycles. The lowest BCUT2D eigenvalue weighted by molar-refractivity contribution is -0.689. The number of nitrogens with two attached hydrogens (primary N) is 4. The standard InChI is InChI=1S/C34H36ClN9O10S2.C32H34N10O11S2/c1-16-12-43(53)20(11-22(16)46)21(45)7-4-8-38-19-13-42(15-39-28(19)36)9-5-6-17-14-55-30-18(29(48)44(30)26(17)31(49)50)10-23(47)24(25-27(35)56-33(37)40-25)41-54-34(2,3)32(51)52;1-32(2,30(50)51)53-38-23(26-37-31(34)55-39-26)21(45)9-16-27(47)42-24(29(48)49)15(13-54-28(16)42)5-4-8-40-11-17(25(33)36-14-40)35-7-3-6-19(43)18-10-20(44)22(46)12-41(18)52/h5-6,11-13,15,18,30,36,38,53H,4,7-10,14H2,1-3H3,(H4,37,40,49,50,51,52);4-5,10-12,14,16,28,33,35,52H,3,6-9,13H2,1-2H3,(H5,34,37,39,46,48,49,50,51)/b6-5+,41-24+;5-4+,38-23+/t18-,30?;16-,28?/m11/s1. The van der Waals surface area contributed by atoms with E-state index in [1.54, 1.807) is 39.8 Å². The molecular formula is C66H70ClN19O21S4. The summed E-state index contributed by atoms with van der Waals surface area (Å²) in [6.45, 7) is 7.39. The molecule has 0 radical (unpaired) electrons. The largest absolute Gasteiger partial charge is 0.543 e. The number of thioether (sulfide) groups is 2. The van der Waals surface area contributed by atoms with Crippen LogP contribution in [0.25, 0.3) is 0 Å². The third-order valence-corrected chi connectivity index (χ3v) is 21.2. The van der Waals surface area contributed by atoms with Crippen LogP contribution in [0.15, 0.2) is 116 Å². The highest BCUT2D eigenvalue weighted by atomic mass is 35.5. The maximum absolute atomic E-state index is 13.5. The van der Waals surface area contributed by atoms with Crippen LogP contribution in [0.5, 0.6) is 5.75 Å². The predicted molar refractivity (Wildman–Crippen MR) is 393 cm³/mol. The molecule has 0 aromatic carbocycles. The molecule has 4 atom stereocenters. The second kappa shape index (κ2) is 35.0. The van der Waals surface area contributed by atoms with Crippen molar-refractivity contribution >= 4 is 162 Å². The van der Waals surface area contributed by atoms with Gasteiger partial charge in [0.05, 0.1) is 58.3 Å². The number of β-lactam (4-membered cyclic amide) rings is 2. The Kier molecular flexibility index (Phi) is 26.2. The number of aromatic hydroxyl groups is 1. The number of thiazole rings is 1. The molecule has 45 heteroatoms. The van der Waals surface area contributed by atoms with Crippen LogP contribution >= 0.6 is 58.0 Å². The van der Waals surface area contributed by atoms with E-state index in [9.17, 15) is 93.5 Å². The average Bonchev–Trinajstić information content (AvgIpc) is 0.996. The highest BCUT2D eigenvalue weighted by molar-refractivity contribution is 8.00. The predicted octanol–water partition coefficient (Wildman–Crippen LogP) is -0.340. The van der Waals surface area contributed by atoms with E-state index >= 15 is 0 Å². The lowest BCUT2D eigenvalue weighted by atomic mass is 9.89. The molecule has 2 unspecified atom stereocenters. The highest BCUT2D eigenvalue weighted by Crippen LogP contribution is 2.47. The van der Waals surface area contributed by atoms with Crippen molar-refractivity contribution in [3.8, 4) is 5.75 Å². The van der Waals surface area contributed by atoms with Gasteiger partial charge in [-0.1, -0.05) is 45.4 Å². The zero-order valence-electron chi connectivity index (χ0n) is 59.1. The molecule has 586 valence electrons. The van der Waals surface area contributed by atoms with Gasteiger partial charge >= 0.3 is 11.9 Å². The molecule has 111 heavy (non-hydrogen) atoms. The number of Topliss-reactive ketones (excluding diaryl/α,β-unsaturated/α-hetero) is 4. The number of aromatic nitrogens is 9. The molecule has 10 rings (SSSR count). The van der Waals surface area contributed by atoms with Crippen molar-refractivity contribution in [2.75, 3.05) is 58.2 Å². The third kappa shape index (κ3) is 19.5. The Labute approximate surface area is 648 Å². The number of fused-ring (bicyclic) bond motifs is 2. The summed E-state index contributed by atoms with van der Waals surface area (Å²) in [6, 6.07) is 1.94. The first-order chi connectivity index (χ1) is 52.4. The number of nitrogen functional groups attached to an aromatic ring is 4. The van der Waals surface area contributed by atoms with E-state index in [1.165, 1.54) is 83.1 Å². The molecule has 0 spiro atoms. The Bertz CT molecular complexity index is 5110. The van der Waals surface area contributed by atoms with Crippen LogP contribution in [-0.4, -0.2) is 186 Å². The Morgan fingerprint density at radius 3 is 1.57 bits per heavy atom. The van der Waals surface area contributed by atoms with Crippen LogP contribution in [0.4, 0.5) is 33.3 Å². The number of amides is 2. The van der Waals surface area contributed by atoms with Crippen LogP contribution in [0, 0.1) is 18.8 Å². The fraction of sp³-hybridized carbons (Fsp3) is 0.348. The number of ketones is 4. The smallest absolute Gasteiger partial charge is 0.350 e. The number of carbonyl (C=O) groups excluding carboxylic acids is 8. The van der Waals surface area contributed by atoms with E-state index in [0.29, 0.717) is 50.5 Å². The first-order valence-electron chi connectivity index (χ1n) is 33.0. The van der Waals surface area contributed by atoms with Crippen molar-refractivity contribution in [1.82, 2.24) is 43.6 Å². The van der Waals surface area contributed by atoms with E-state index in [-0.39, 0.29) is 116 Å². The second-order valence-corrected chi connectivity index (χ2v) is 30.3. The number of carboxylic acid groups (broad SMARTS) is 4. The number of oxime groups is 2. The van der Waals surface area contributed by atoms with Crippen LogP contribution in [0.2, 0.25) is 4.34 Å². The van der Waals surface area contributed by atoms with Crippen LogP contribution in [-0.2, 0) is 61.1 Å². The molecule has 6 aromatic rings. The van der Waals surface area contributed by atoms with Crippen molar-refractivity contribution in [2.24, 2.45) is 22.1 Å². The van der Waals surface area contributed by atoms with Gasteiger partial charge in [-0.3, -0.25) is 48.2 Å². The Balaban J connectivity index is 0.000000255. The van der Waals surface area contributed by atoms with E-state index in [2.05, 4.69) is 45.3 Å². The number of nitrogens with zero attached hydrogens (tertiary/aromatic N) is 13. The summed E-state index contributed by atoms with van der Waals surface area (Å²) in [4.78, 5) is 178. The molecule has 40 nitrogen and oxygen atoms in total. The molecule has 2 fully saturated rings. The van der Waals surface area contributed by atoms with Gasteiger partial charge in [0.25, 0.3) is 24.3 Å². The van der Waals surface area contributed by atoms with Crippen molar-refractivity contribution < 1.29 is 103 Å². The summed E-state index contributed by atoms with van der Waals surface area (Å²) in [5.74, 6) is -11.8. The van der Waals surface area contributed by atoms with Crippen molar-refractivity contribution in [3.63, 3.8) is 0 Å². The lowest BCUT2D eigenvalue weighted by Crippen LogP contribution is -2.63. The summed E-state index contributed by atoms with van der Waals surface area (Å²) in [6.07, 6.45) is 14.3. The topological polar surface area (TPSA) is 612 Å². The van der Waals surface area contributed by atoms with Gasteiger partial charge in [-0.25, -0.2) is 23.7 Å². The number of carbonyl (C=O) groups is 10. The van der Waals surface area contributed by atoms with Gasteiger partial charge in [0.1, 0.15) is 58.3 Å². The Hall–Kier alpha value is -12.2. The summed E-state index contributed by atoms with van der Waals surface area (Å²) in [7, 11) is 0. The van der Waals surface area contributed by atoms with E-state index < -0.39 is 128 Å². The molecule has 10 heterocycles. The number of hydrogen-bond donors (Lipinski definition) is 11. The second-order valence-electron chi connectivity index (χ2n) is 25.7. The summed E-state index contributed by atoms with van der Waals surface area (Å²) >= 11 is 10.3. The van der Waals surface area contributed by atoms with Gasteiger partial charge < -0.3 is 88.8 Å². The highest BCUT2D eigenvalue weighted by Gasteiger charge is 2.54. The first kappa shape index (κ1) is 82.9. The molecule has 6 aromatic heterocycles. The maximum Gasteiger partial charge on any atom is 0.350 e. The minimum atomic E-state index is -1.83. The van der Waals surface area contributed by atoms with Crippen LogP contribution < -0.4 is 63.8 Å². The zero-order chi connectivity index (χ0) is 81.2. The number of rotatable bonds is 34. The molecule has 0 bridgehead atoms. The molecule has 2 saturated heterocycles. The SMILES string of the molecule is CC(C)(O/N=C(\C(=O)C[C@@H]1C(=O)N2C(C(=O)[O-])=C(/C=C/C[n+]3cnc(N)c(NCCCC(=O)c4cc(=O)c(O)cn4O)c3)CSC12)c1nsc(N)n1)C(=O)O.Cc1cn(O)c(C(=O)CCCNc2c[n+](C/C=C/C3=C(C(=O)[O-])N4C(=O)[C@@H](CC(=O)/C(=N\OC(C)(C)C(=O)O)c5nc(N)sc5Cl)C4SC3)cnc2N)cc1=O. The van der Waals surface area contributed by atoms with Gasteiger partial charge in [0.15, 0.2) is 56.0 Å². The number of halogens is 1. The summed E-state index contributed by atoms with van der Waals surface area (Å²) < 4.78 is 8.27. The van der Waals surface area contributed by atoms with E-state index in [1.807, 2.05) is 0 Å². The van der Waals surface area contributed by atoms with Gasteiger partial charge in [0.2, 0.25) is 34.3 Å². The molecule has 0 aliphatic carbocycles. The number of nitrogens with one attached hydrogen (secondary N) is 2. The van der Waals surface area contributed by atoms with E-state index in [0.717, 1.165) is 51.0 Å². The molecule has 15 N–H and O–H groups in total. The average molecular weight is 1630 g/mol. The van der Waals surface area contributed by atoms with Gasteiger partial charge in [-0.05, 0) is 80.7 Å². The number of aliphatic carboxylic acids is 4. The van der Waals surface area contributed by atoms with Gasteiger partial charge in [0, 0.05) is 79.5 Å². The van der Waals surface area contributed by atoms with Gasteiger partial charge in [-0.15, -0.1) is 23.5 Å². The number of hydrogen-bond acceptors (Lipinski definition) is 36. The van der Waals surface area contributed by atoms with Crippen LogP contribution in [0.1, 0.15) is 104 Å². The Morgan fingerprint density at radius 1 is 0.685 bits per heavy atom. The maximum atomic E-state index is 13.5.